The first kappa shape index (κ1) is 17.3. The average Bonchev–Trinajstić information content (AvgIpc) is 3.33. The van der Waals surface area contributed by atoms with E-state index in [1.807, 2.05) is 17.9 Å². The number of hydrogen-bond donors (Lipinski definition) is 0. The van der Waals surface area contributed by atoms with Crippen LogP contribution in [0.25, 0.3) is 16.7 Å². The van der Waals surface area contributed by atoms with E-state index in [2.05, 4.69) is 15.0 Å². The molecule has 2 aromatic heterocycles. The zero-order valence-corrected chi connectivity index (χ0v) is 15.8. The summed E-state index contributed by atoms with van der Waals surface area (Å²) in [5, 5.41) is 5.00. The van der Waals surface area contributed by atoms with Gasteiger partial charge in [0.05, 0.1) is 17.1 Å². The summed E-state index contributed by atoms with van der Waals surface area (Å²) in [6, 6.07) is 8.74. The maximum Gasteiger partial charge on any atom is 0.254 e. The van der Waals surface area contributed by atoms with Gasteiger partial charge in [-0.15, -0.1) is 0 Å². The van der Waals surface area contributed by atoms with E-state index in [0.29, 0.717) is 34.0 Å². The summed E-state index contributed by atoms with van der Waals surface area (Å²) in [7, 11) is 0. The fourth-order valence-electron chi connectivity index (χ4n) is 4.45. The number of carbonyl (C=O) groups excluding carboxylic acids is 1. The Balaban J connectivity index is 1.55. The van der Waals surface area contributed by atoms with Gasteiger partial charge in [0.1, 0.15) is 11.5 Å². The van der Waals surface area contributed by atoms with Gasteiger partial charge in [-0.05, 0) is 44.5 Å². The largest absolute Gasteiger partial charge is 0.336 e. The fourth-order valence-corrected chi connectivity index (χ4v) is 4.45. The molecule has 7 heteroatoms. The van der Waals surface area contributed by atoms with Crippen LogP contribution in [0.1, 0.15) is 28.9 Å². The summed E-state index contributed by atoms with van der Waals surface area (Å²) < 4.78 is 15.8. The molecule has 2 aliphatic rings. The SMILES string of the molecule is Cc1cc(C(=O)N2CCN3CCC[C@H]3C2)c2cnn(-c3ccccc3F)c2n1. The summed E-state index contributed by atoms with van der Waals surface area (Å²) in [6.45, 7) is 5.42. The second-order valence-corrected chi connectivity index (χ2v) is 7.64. The van der Waals surface area contributed by atoms with Crippen LogP contribution in [0.2, 0.25) is 0 Å². The zero-order valence-electron chi connectivity index (χ0n) is 15.8. The Morgan fingerprint density at radius 2 is 2.07 bits per heavy atom. The third-order valence-corrected chi connectivity index (χ3v) is 5.86. The predicted octanol–water partition coefficient (Wildman–Crippen LogP) is 2.79. The van der Waals surface area contributed by atoms with Crippen LogP contribution >= 0.6 is 0 Å². The van der Waals surface area contributed by atoms with Crippen molar-refractivity contribution in [3.63, 3.8) is 0 Å². The van der Waals surface area contributed by atoms with Crippen molar-refractivity contribution in [2.45, 2.75) is 25.8 Å². The molecule has 0 unspecified atom stereocenters. The molecule has 0 bridgehead atoms. The molecule has 4 heterocycles. The molecular weight excluding hydrogens is 357 g/mol. The van der Waals surface area contributed by atoms with Crippen LogP contribution in [0, 0.1) is 12.7 Å². The second kappa shape index (κ2) is 6.67. The number of aryl methyl sites for hydroxylation is 1. The summed E-state index contributed by atoms with van der Waals surface area (Å²) in [4.78, 5) is 22.3. The molecule has 0 aliphatic carbocycles. The van der Waals surface area contributed by atoms with Crippen LogP contribution < -0.4 is 0 Å². The molecular formula is C21H22FN5O. The third-order valence-electron chi connectivity index (χ3n) is 5.86. The smallest absolute Gasteiger partial charge is 0.254 e. The van der Waals surface area contributed by atoms with Crippen LogP contribution in [0.15, 0.2) is 36.5 Å². The number of amides is 1. The van der Waals surface area contributed by atoms with Crippen molar-refractivity contribution in [1.29, 1.82) is 0 Å². The molecule has 144 valence electrons. The number of para-hydroxylation sites is 1. The lowest BCUT2D eigenvalue weighted by Crippen LogP contribution is -2.52. The van der Waals surface area contributed by atoms with Gasteiger partial charge in [-0.3, -0.25) is 9.69 Å². The highest BCUT2D eigenvalue weighted by molar-refractivity contribution is 6.05. The molecule has 0 radical (unpaired) electrons. The van der Waals surface area contributed by atoms with Crippen LogP contribution in [-0.2, 0) is 0 Å². The summed E-state index contributed by atoms with van der Waals surface area (Å²) in [5.74, 6) is -0.365. The molecule has 0 spiro atoms. The molecule has 0 saturated carbocycles. The highest BCUT2D eigenvalue weighted by Gasteiger charge is 2.33. The van der Waals surface area contributed by atoms with Crippen LogP contribution in [-0.4, -0.2) is 62.7 Å². The lowest BCUT2D eigenvalue weighted by Gasteiger charge is -2.37. The number of piperazine rings is 1. The normalized spacial score (nSPS) is 19.9. The van der Waals surface area contributed by atoms with Crippen LogP contribution in [0.3, 0.4) is 0 Å². The van der Waals surface area contributed by atoms with Crippen molar-refractivity contribution in [3.8, 4) is 5.69 Å². The maximum atomic E-state index is 14.3. The number of aromatic nitrogens is 3. The van der Waals surface area contributed by atoms with E-state index in [1.54, 1.807) is 24.4 Å². The number of carbonyl (C=O) groups is 1. The Morgan fingerprint density at radius 1 is 1.21 bits per heavy atom. The van der Waals surface area contributed by atoms with Gasteiger partial charge in [-0.1, -0.05) is 12.1 Å². The van der Waals surface area contributed by atoms with Gasteiger partial charge in [0.15, 0.2) is 5.65 Å². The number of nitrogens with zero attached hydrogens (tertiary/aromatic N) is 5. The molecule has 3 aromatic rings. The summed E-state index contributed by atoms with van der Waals surface area (Å²) >= 11 is 0. The number of rotatable bonds is 2. The predicted molar refractivity (Wildman–Crippen MR) is 104 cm³/mol. The molecule has 2 aliphatic heterocycles. The molecule has 6 nitrogen and oxygen atoms in total. The van der Waals surface area contributed by atoms with Crippen molar-refractivity contribution < 1.29 is 9.18 Å². The van der Waals surface area contributed by atoms with Crippen LogP contribution in [0.4, 0.5) is 4.39 Å². The fraction of sp³-hybridized carbons (Fsp3) is 0.381. The molecule has 2 saturated heterocycles. The summed E-state index contributed by atoms with van der Waals surface area (Å²) in [5.41, 5.74) is 2.14. The zero-order chi connectivity index (χ0) is 19.3. The highest BCUT2D eigenvalue weighted by Crippen LogP contribution is 2.26. The molecule has 28 heavy (non-hydrogen) atoms. The van der Waals surface area contributed by atoms with Gasteiger partial charge >= 0.3 is 0 Å². The minimum Gasteiger partial charge on any atom is -0.336 e. The first-order valence-corrected chi connectivity index (χ1v) is 9.75. The van der Waals surface area contributed by atoms with E-state index < -0.39 is 0 Å². The average molecular weight is 379 g/mol. The lowest BCUT2D eigenvalue weighted by molar-refractivity contribution is 0.0573. The van der Waals surface area contributed by atoms with Gasteiger partial charge in [0.25, 0.3) is 5.91 Å². The Hall–Kier alpha value is -2.80. The van der Waals surface area contributed by atoms with E-state index in [9.17, 15) is 9.18 Å². The quantitative estimate of drug-likeness (QED) is 0.687. The minimum absolute atomic E-state index is 0.00938. The van der Waals surface area contributed by atoms with Gasteiger partial charge in [0, 0.05) is 31.4 Å². The van der Waals surface area contributed by atoms with Gasteiger partial charge in [0.2, 0.25) is 0 Å². The Morgan fingerprint density at radius 3 is 2.93 bits per heavy atom. The number of hydrogen-bond acceptors (Lipinski definition) is 4. The molecule has 1 amide bonds. The molecule has 1 aromatic carbocycles. The molecule has 2 fully saturated rings. The molecule has 5 rings (SSSR count). The van der Waals surface area contributed by atoms with Crippen LogP contribution in [0.5, 0.6) is 0 Å². The van der Waals surface area contributed by atoms with Gasteiger partial charge < -0.3 is 4.90 Å². The summed E-state index contributed by atoms with van der Waals surface area (Å²) in [6.07, 6.45) is 3.98. The second-order valence-electron chi connectivity index (χ2n) is 7.64. The Kier molecular flexibility index (Phi) is 4.12. The Labute approximate surface area is 162 Å². The maximum absolute atomic E-state index is 14.3. The number of halogens is 1. The van der Waals surface area contributed by atoms with E-state index >= 15 is 0 Å². The number of pyridine rings is 1. The molecule has 1 atom stereocenters. The van der Waals surface area contributed by atoms with Gasteiger partial charge in [-0.25, -0.2) is 14.1 Å². The number of benzene rings is 1. The van der Waals surface area contributed by atoms with E-state index in [1.165, 1.54) is 17.2 Å². The minimum atomic E-state index is -0.374. The monoisotopic (exact) mass is 379 g/mol. The first-order chi connectivity index (χ1) is 13.6. The first-order valence-electron chi connectivity index (χ1n) is 9.75. The molecule has 0 N–H and O–H groups in total. The standard InChI is InChI=1S/C21H22FN5O/c1-14-11-16(21(28)26-10-9-25-8-4-5-15(25)13-26)17-12-23-27(20(17)24-14)19-7-3-2-6-18(19)22/h2-3,6-7,11-12,15H,4-5,8-10,13H2,1H3/t15-/m0/s1. The van der Waals surface area contributed by atoms with Crippen molar-refractivity contribution >= 4 is 16.9 Å². The highest BCUT2D eigenvalue weighted by atomic mass is 19.1. The topological polar surface area (TPSA) is 54.3 Å². The van der Waals surface area contributed by atoms with E-state index in [4.69, 9.17) is 0 Å². The van der Waals surface area contributed by atoms with Crippen molar-refractivity contribution in [2.75, 3.05) is 26.2 Å². The van der Waals surface area contributed by atoms with Gasteiger partial charge in [-0.2, -0.15) is 5.10 Å². The van der Waals surface area contributed by atoms with Crippen molar-refractivity contribution in [3.05, 3.63) is 53.6 Å². The lowest BCUT2D eigenvalue weighted by atomic mass is 10.1. The van der Waals surface area contributed by atoms with E-state index in [-0.39, 0.29) is 11.7 Å². The third kappa shape index (κ3) is 2.77. The van der Waals surface area contributed by atoms with E-state index in [0.717, 1.165) is 32.6 Å². The van der Waals surface area contributed by atoms with Crippen molar-refractivity contribution in [2.24, 2.45) is 0 Å². The Bertz CT molecular complexity index is 1060. The van der Waals surface area contributed by atoms with Crippen molar-refractivity contribution in [1.82, 2.24) is 24.6 Å². The number of fused-ring (bicyclic) bond motifs is 2.